The lowest BCUT2D eigenvalue weighted by molar-refractivity contribution is 0.0502. The van der Waals surface area contributed by atoms with E-state index in [1.165, 1.54) is 0 Å². The minimum Gasteiger partial charge on any atom is -0.481 e. The largest absolute Gasteiger partial charge is 0.481 e. The van der Waals surface area contributed by atoms with E-state index in [2.05, 4.69) is 15.1 Å². The number of rotatable bonds is 5. The van der Waals surface area contributed by atoms with Gasteiger partial charge in [0.05, 0.1) is 19.4 Å². The monoisotopic (exact) mass is 425 g/mol. The van der Waals surface area contributed by atoms with Gasteiger partial charge in [0.2, 0.25) is 11.8 Å². The van der Waals surface area contributed by atoms with Crippen molar-refractivity contribution in [3.8, 4) is 22.9 Å². The molecule has 0 radical (unpaired) electrons. The summed E-state index contributed by atoms with van der Waals surface area (Å²) in [6.45, 7) is 6.84. The fourth-order valence-electron chi connectivity index (χ4n) is 3.69. The molecule has 0 bridgehead atoms. The first-order valence-electron chi connectivity index (χ1n) is 10.4. The lowest BCUT2D eigenvalue weighted by atomic mass is 10.1. The number of hydrogen-bond acceptors (Lipinski definition) is 7. The van der Waals surface area contributed by atoms with Gasteiger partial charge < -0.3 is 19.1 Å². The zero-order valence-electron chi connectivity index (χ0n) is 18.2. The van der Waals surface area contributed by atoms with Crippen LogP contribution in [0.4, 0.5) is 4.79 Å². The van der Waals surface area contributed by atoms with Gasteiger partial charge in [0.1, 0.15) is 6.10 Å². The van der Waals surface area contributed by atoms with Gasteiger partial charge in [-0.1, -0.05) is 0 Å². The highest BCUT2D eigenvalue weighted by molar-refractivity contribution is 5.78. The fourth-order valence-corrected chi connectivity index (χ4v) is 3.69. The predicted octanol–water partition coefficient (Wildman–Crippen LogP) is 3.50. The third-order valence-corrected chi connectivity index (χ3v) is 5.25. The van der Waals surface area contributed by atoms with Crippen molar-refractivity contribution in [1.29, 1.82) is 0 Å². The molecule has 0 aromatic carbocycles. The van der Waals surface area contributed by atoms with Crippen molar-refractivity contribution in [2.24, 2.45) is 0 Å². The van der Waals surface area contributed by atoms with Crippen LogP contribution in [0, 0.1) is 6.92 Å². The molecular formula is C22H27N5O4. The van der Waals surface area contributed by atoms with E-state index in [1.54, 1.807) is 28.9 Å². The first kappa shape index (κ1) is 20.9. The molecule has 1 fully saturated rings. The lowest BCUT2D eigenvalue weighted by Crippen LogP contribution is -2.42. The Hall–Kier alpha value is -3.36. The second-order valence-corrected chi connectivity index (χ2v) is 7.80. The fraction of sp³-hybridized carbons (Fsp3) is 0.455. The molecule has 0 unspecified atom stereocenters. The van der Waals surface area contributed by atoms with Crippen molar-refractivity contribution in [2.75, 3.05) is 20.2 Å². The maximum absolute atomic E-state index is 12.1. The highest BCUT2D eigenvalue weighted by Crippen LogP contribution is 2.29. The molecule has 0 saturated carbocycles. The quantitative estimate of drug-likeness (QED) is 0.618. The van der Waals surface area contributed by atoms with Gasteiger partial charge in [0, 0.05) is 61.1 Å². The number of carbonyl (C=O) groups excluding carboxylic acids is 1. The maximum atomic E-state index is 12.1. The zero-order chi connectivity index (χ0) is 22.0. The van der Waals surface area contributed by atoms with E-state index >= 15 is 0 Å². The van der Waals surface area contributed by atoms with Crippen molar-refractivity contribution in [3.63, 3.8) is 0 Å². The number of aromatic nitrogens is 4. The van der Waals surface area contributed by atoms with Crippen molar-refractivity contribution in [1.82, 2.24) is 24.5 Å². The smallest absolute Gasteiger partial charge is 0.410 e. The summed E-state index contributed by atoms with van der Waals surface area (Å²) in [5.74, 6) is 1.19. The molecular weight excluding hydrogens is 398 g/mol. The van der Waals surface area contributed by atoms with Gasteiger partial charge in [-0.2, -0.15) is 9.61 Å². The van der Waals surface area contributed by atoms with Crippen LogP contribution in [0.2, 0.25) is 0 Å². The number of aryl methyl sites for hydroxylation is 1. The summed E-state index contributed by atoms with van der Waals surface area (Å²) in [6, 6.07) is 5.59. The third kappa shape index (κ3) is 4.40. The van der Waals surface area contributed by atoms with Crippen LogP contribution in [-0.2, 0) is 4.74 Å². The van der Waals surface area contributed by atoms with Crippen molar-refractivity contribution in [3.05, 3.63) is 36.3 Å². The average molecular weight is 425 g/mol. The molecule has 9 heteroatoms. The van der Waals surface area contributed by atoms with Crippen molar-refractivity contribution < 1.29 is 19.0 Å². The highest BCUT2D eigenvalue weighted by Gasteiger charge is 2.26. The molecule has 9 nitrogen and oxygen atoms in total. The Morgan fingerprint density at radius 2 is 1.94 bits per heavy atom. The first-order valence-corrected chi connectivity index (χ1v) is 10.4. The second kappa shape index (κ2) is 8.79. The molecule has 4 heterocycles. The highest BCUT2D eigenvalue weighted by atomic mass is 16.6. The number of piperidine rings is 1. The van der Waals surface area contributed by atoms with Crippen LogP contribution in [0.1, 0.15) is 32.4 Å². The number of carbonyl (C=O) groups is 1. The van der Waals surface area contributed by atoms with E-state index in [0.29, 0.717) is 30.5 Å². The molecule has 0 atom stereocenters. The van der Waals surface area contributed by atoms with Crippen LogP contribution < -0.4 is 9.47 Å². The molecule has 0 N–H and O–H groups in total. The van der Waals surface area contributed by atoms with Gasteiger partial charge in [0.15, 0.2) is 5.65 Å². The van der Waals surface area contributed by atoms with E-state index in [-0.39, 0.29) is 18.3 Å². The van der Waals surface area contributed by atoms with Gasteiger partial charge >= 0.3 is 6.09 Å². The summed E-state index contributed by atoms with van der Waals surface area (Å²) in [7, 11) is 1.60. The standard InChI is InChI=1S/C22H27N5O4/c1-14(2)30-22(28)26-11-8-16(9-12-26)31-20-7-10-23-21-18(13-24-27(20)21)17-5-6-19(29-4)25-15(17)3/h5-7,10,13-14,16H,8-9,11-12H2,1-4H3. The molecule has 1 aliphatic rings. The van der Waals surface area contributed by atoms with Crippen molar-refractivity contribution in [2.45, 2.75) is 45.8 Å². The molecule has 0 aliphatic carbocycles. The van der Waals surface area contributed by atoms with Gasteiger partial charge in [-0.3, -0.25) is 0 Å². The average Bonchev–Trinajstić information content (AvgIpc) is 3.18. The van der Waals surface area contributed by atoms with E-state index in [0.717, 1.165) is 29.7 Å². The lowest BCUT2D eigenvalue weighted by Gasteiger charge is -2.31. The SMILES string of the molecule is COc1ccc(-c2cnn3c(OC4CCN(C(=O)OC(C)C)CC4)ccnc23)c(C)n1. The Labute approximate surface area is 181 Å². The summed E-state index contributed by atoms with van der Waals surface area (Å²) >= 11 is 0. The minimum atomic E-state index is -0.264. The Morgan fingerprint density at radius 1 is 1.16 bits per heavy atom. The minimum absolute atomic E-state index is 0.00857. The van der Waals surface area contributed by atoms with E-state index in [1.807, 2.05) is 39.0 Å². The Morgan fingerprint density at radius 3 is 2.61 bits per heavy atom. The molecule has 164 valence electrons. The van der Waals surface area contributed by atoms with E-state index in [9.17, 15) is 4.79 Å². The predicted molar refractivity (Wildman–Crippen MR) is 114 cm³/mol. The van der Waals surface area contributed by atoms with Gasteiger partial charge in [0.25, 0.3) is 0 Å². The van der Waals surface area contributed by atoms with Gasteiger partial charge in [-0.15, -0.1) is 0 Å². The molecule has 4 rings (SSSR count). The number of amides is 1. The van der Waals surface area contributed by atoms with Crippen LogP contribution in [0.25, 0.3) is 16.8 Å². The molecule has 31 heavy (non-hydrogen) atoms. The summed E-state index contributed by atoms with van der Waals surface area (Å²) < 4.78 is 18.4. The van der Waals surface area contributed by atoms with Crippen molar-refractivity contribution >= 4 is 11.7 Å². The zero-order valence-corrected chi connectivity index (χ0v) is 18.2. The van der Waals surface area contributed by atoms with E-state index in [4.69, 9.17) is 14.2 Å². The summed E-state index contributed by atoms with van der Waals surface area (Å²) in [5, 5.41) is 4.51. The number of likely N-dealkylation sites (tertiary alicyclic amines) is 1. The van der Waals surface area contributed by atoms with Gasteiger partial charge in [-0.05, 0) is 26.8 Å². The Balaban J connectivity index is 1.50. The van der Waals surface area contributed by atoms with Crippen LogP contribution in [0.3, 0.4) is 0 Å². The normalized spacial score (nSPS) is 14.8. The molecule has 3 aromatic heterocycles. The first-order chi connectivity index (χ1) is 15.0. The summed E-state index contributed by atoms with van der Waals surface area (Å²) in [4.78, 5) is 22.8. The molecule has 0 spiro atoms. The summed E-state index contributed by atoms with van der Waals surface area (Å²) in [6.07, 6.45) is 4.56. The van der Waals surface area contributed by atoms with Crippen LogP contribution in [0.15, 0.2) is 30.6 Å². The molecule has 1 saturated heterocycles. The molecule has 3 aromatic rings. The van der Waals surface area contributed by atoms with Crippen LogP contribution in [-0.4, -0.2) is 63.0 Å². The maximum Gasteiger partial charge on any atom is 0.410 e. The van der Waals surface area contributed by atoms with E-state index < -0.39 is 0 Å². The van der Waals surface area contributed by atoms with Crippen LogP contribution in [0.5, 0.6) is 11.8 Å². The number of fused-ring (bicyclic) bond motifs is 1. The Kier molecular flexibility index (Phi) is 5.92. The third-order valence-electron chi connectivity index (χ3n) is 5.25. The van der Waals surface area contributed by atoms with Crippen LogP contribution >= 0.6 is 0 Å². The number of nitrogens with zero attached hydrogens (tertiary/aromatic N) is 5. The van der Waals surface area contributed by atoms with Gasteiger partial charge in [-0.25, -0.2) is 14.8 Å². The number of pyridine rings is 1. The number of methoxy groups -OCH3 is 1. The number of hydrogen-bond donors (Lipinski definition) is 0. The topological polar surface area (TPSA) is 91.1 Å². The number of ether oxygens (including phenoxy) is 3. The molecule has 1 amide bonds. The summed E-state index contributed by atoms with van der Waals surface area (Å²) in [5.41, 5.74) is 3.36. The second-order valence-electron chi connectivity index (χ2n) is 7.80. The molecule has 1 aliphatic heterocycles. The Bertz CT molecular complexity index is 1070.